The fourth-order valence-corrected chi connectivity index (χ4v) is 6.70. The van der Waals surface area contributed by atoms with E-state index < -0.39 is 15.6 Å². The Kier molecular flexibility index (Phi) is 5.43. The first-order valence-corrected chi connectivity index (χ1v) is 13.5. The molecule has 0 bridgehead atoms. The van der Waals surface area contributed by atoms with Crippen molar-refractivity contribution in [3.63, 3.8) is 0 Å². The summed E-state index contributed by atoms with van der Waals surface area (Å²) in [6.45, 7) is 1.40. The van der Waals surface area contributed by atoms with Crippen LogP contribution in [0.5, 0.6) is 0 Å². The Morgan fingerprint density at radius 1 is 0.886 bits per heavy atom. The average Bonchev–Trinajstić information content (AvgIpc) is 3.71. The SMILES string of the molecule is O=C1COC2(CCN(S(=O)(=O)c3ccc(-c4ccc5cc(F)ccc5c4)cc3)CC2)CN1C1CC1. The molecular formula is C27H27FN2O4S. The number of morpholine rings is 1. The predicted molar refractivity (Wildman–Crippen MR) is 131 cm³/mol. The number of ether oxygens (including phenoxy) is 1. The van der Waals surface area contributed by atoms with Gasteiger partial charge in [-0.1, -0.05) is 30.3 Å². The largest absolute Gasteiger partial charge is 0.363 e. The molecule has 0 radical (unpaired) electrons. The first kappa shape index (κ1) is 22.6. The Labute approximate surface area is 204 Å². The number of sulfonamides is 1. The minimum Gasteiger partial charge on any atom is -0.363 e. The van der Waals surface area contributed by atoms with Crippen LogP contribution in [0.4, 0.5) is 4.39 Å². The summed E-state index contributed by atoms with van der Waals surface area (Å²) < 4.78 is 47.6. The number of hydrogen-bond acceptors (Lipinski definition) is 4. The van der Waals surface area contributed by atoms with Gasteiger partial charge in [0.25, 0.3) is 0 Å². The van der Waals surface area contributed by atoms with E-state index in [-0.39, 0.29) is 23.2 Å². The lowest BCUT2D eigenvalue weighted by Crippen LogP contribution is -2.59. The Bertz CT molecular complexity index is 1390. The highest BCUT2D eigenvalue weighted by molar-refractivity contribution is 7.89. The molecule has 2 saturated heterocycles. The fraction of sp³-hybridized carbons (Fsp3) is 0.370. The third-order valence-corrected chi connectivity index (χ3v) is 9.44. The lowest BCUT2D eigenvalue weighted by molar-refractivity contribution is -0.170. The summed E-state index contributed by atoms with van der Waals surface area (Å²) in [5, 5.41) is 1.75. The van der Waals surface area contributed by atoms with Gasteiger partial charge in [-0.3, -0.25) is 4.79 Å². The molecule has 1 spiro atoms. The topological polar surface area (TPSA) is 66.9 Å². The van der Waals surface area contributed by atoms with Crippen LogP contribution in [0.3, 0.4) is 0 Å². The highest BCUT2D eigenvalue weighted by atomic mass is 32.2. The molecule has 0 unspecified atom stereocenters. The molecule has 0 atom stereocenters. The van der Waals surface area contributed by atoms with Crippen molar-refractivity contribution in [1.29, 1.82) is 0 Å². The van der Waals surface area contributed by atoms with E-state index in [0.717, 1.165) is 34.7 Å². The number of benzene rings is 3. The Balaban J connectivity index is 1.16. The first-order chi connectivity index (χ1) is 16.8. The highest BCUT2D eigenvalue weighted by Gasteiger charge is 2.47. The molecule has 182 valence electrons. The smallest absolute Gasteiger partial charge is 0.248 e. The summed E-state index contributed by atoms with van der Waals surface area (Å²) in [6.07, 6.45) is 3.27. The highest BCUT2D eigenvalue weighted by Crippen LogP contribution is 2.37. The average molecular weight is 495 g/mol. The number of piperidine rings is 1. The van der Waals surface area contributed by atoms with Crippen LogP contribution in [-0.4, -0.2) is 61.4 Å². The van der Waals surface area contributed by atoms with Crippen LogP contribution >= 0.6 is 0 Å². The van der Waals surface area contributed by atoms with Crippen molar-refractivity contribution in [3.8, 4) is 11.1 Å². The van der Waals surface area contributed by atoms with E-state index in [1.807, 2.05) is 35.2 Å². The zero-order valence-corrected chi connectivity index (χ0v) is 20.1. The van der Waals surface area contributed by atoms with Crippen LogP contribution in [0, 0.1) is 5.82 Å². The molecule has 6 rings (SSSR count). The van der Waals surface area contributed by atoms with Crippen molar-refractivity contribution in [2.45, 2.75) is 42.2 Å². The van der Waals surface area contributed by atoms with Crippen LogP contribution in [0.2, 0.25) is 0 Å². The van der Waals surface area contributed by atoms with Crippen LogP contribution in [0.1, 0.15) is 25.7 Å². The molecule has 6 nitrogen and oxygen atoms in total. The number of nitrogens with zero attached hydrogens (tertiary/aromatic N) is 2. The Morgan fingerprint density at radius 3 is 2.26 bits per heavy atom. The van der Waals surface area contributed by atoms with Crippen LogP contribution < -0.4 is 0 Å². The lowest BCUT2D eigenvalue weighted by atomic mass is 9.90. The summed E-state index contributed by atoms with van der Waals surface area (Å²) in [7, 11) is -3.63. The quantitative estimate of drug-likeness (QED) is 0.546. The first-order valence-electron chi connectivity index (χ1n) is 12.1. The minimum absolute atomic E-state index is 0.0480. The molecule has 1 amide bonds. The van der Waals surface area contributed by atoms with Gasteiger partial charge >= 0.3 is 0 Å². The van der Waals surface area contributed by atoms with Gasteiger partial charge in [0, 0.05) is 19.1 Å². The van der Waals surface area contributed by atoms with Gasteiger partial charge < -0.3 is 9.64 Å². The van der Waals surface area contributed by atoms with E-state index in [1.165, 1.54) is 16.4 Å². The molecule has 3 aromatic rings. The van der Waals surface area contributed by atoms with Crippen molar-refractivity contribution in [1.82, 2.24) is 9.21 Å². The van der Waals surface area contributed by atoms with Crippen LogP contribution in [-0.2, 0) is 19.6 Å². The van der Waals surface area contributed by atoms with Gasteiger partial charge in [-0.05, 0) is 77.9 Å². The molecule has 3 aliphatic rings. The monoisotopic (exact) mass is 494 g/mol. The molecule has 0 aromatic heterocycles. The maximum atomic E-state index is 13.5. The number of hydrogen-bond donors (Lipinski definition) is 0. The van der Waals surface area contributed by atoms with E-state index in [9.17, 15) is 17.6 Å². The summed E-state index contributed by atoms with van der Waals surface area (Å²) in [5.74, 6) is -0.223. The number of fused-ring (bicyclic) bond motifs is 1. The van der Waals surface area contributed by atoms with Crippen molar-refractivity contribution in [2.75, 3.05) is 26.2 Å². The molecule has 1 saturated carbocycles. The third-order valence-electron chi connectivity index (χ3n) is 7.53. The molecular weight excluding hydrogens is 467 g/mol. The molecule has 2 heterocycles. The minimum atomic E-state index is -3.63. The van der Waals surface area contributed by atoms with E-state index >= 15 is 0 Å². The zero-order chi connectivity index (χ0) is 24.2. The molecule has 8 heteroatoms. The standard InChI is InChI=1S/C27H27FN2O4S/c28-23-6-3-21-15-20(1-2-22(21)16-23)19-4-9-25(10-5-19)35(32,33)29-13-11-27(12-14-29)18-30(24-7-8-24)26(31)17-34-27/h1-6,9-10,15-16,24H,7-8,11-14,17-18H2. The zero-order valence-electron chi connectivity index (χ0n) is 19.3. The second kappa shape index (κ2) is 8.40. The summed E-state index contributed by atoms with van der Waals surface area (Å²) >= 11 is 0. The molecule has 35 heavy (non-hydrogen) atoms. The van der Waals surface area contributed by atoms with Crippen molar-refractivity contribution >= 4 is 26.7 Å². The molecule has 1 aliphatic carbocycles. The number of halogens is 1. The molecule has 0 N–H and O–H groups in total. The van der Waals surface area contributed by atoms with Crippen molar-refractivity contribution < 1.29 is 22.3 Å². The van der Waals surface area contributed by atoms with E-state index in [1.54, 1.807) is 18.2 Å². The van der Waals surface area contributed by atoms with Gasteiger partial charge in [0.15, 0.2) is 0 Å². The second-order valence-corrected chi connectivity index (χ2v) is 11.8. The van der Waals surface area contributed by atoms with Crippen LogP contribution in [0.25, 0.3) is 21.9 Å². The van der Waals surface area contributed by atoms with Gasteiger partial charge in [-0.15, -0.1) is 0 Å². The third kappa shape index (κ3) is 4.24. The van der Waals surface area contributed by atoms with Gasteiger partial charge in [0.1, 0.15) is 12.4 Å². The number of amides is 1. The van der Waals surface area contributed by atoms with E-state index in [4.69, 9.17) is 4.74 Å². The maximum absolute atomic E-state index is 13.5. The number of rotatable bonds is 4. The Morgan fingerprint density at radius 2 is 1.54 bits per heavy atom. The normalized spacial score (nSPS) is 21.1. The van der Waals surface area contributed by atoms with Crippen molar-refractivity contribution in [3.05, 3.63) is 66.5 Å². The molecule has 3 aromatic carbocycles. The van der Waals surface area contributed by atoms with Crippen LogP contribution in [0.15, 0.2) is 65.6 Å². The van der Waals surface area contributed by atoms with E-state index in [2.05, 4.69) is 0 Å². The second-order valence-electron chi connectivity index (χ2n) is 9.86. The number of carbonyl (C=O) groups is 1. The Hall–Kier alpha value is -2.81. The van der Waals surface area contributed by atoms with Crippen molar-refractivity contribution in [2.24, 2.45) is 0 Å². The van der Waals surface area contributed by atoms with Gasteiger partial charge in [-0.25, -0.2) is 12.8 Å². The van der Waals surface area contributed by atoms with Gasteiger partial charge in [0.2, 0.25) is 15.9 Å². The number of carbonyl (C=O) groups excluding carboxylic acids is 1. The van der Waals surface area contributed by atoms with Gasteiger partial charge in [0.05, 0.1) is 17.0 Å². The summed E-state index contributed by atoms with van der Waals surface area (Å²) in [5.41, 5.74) is 1.40. The molecule has 2 aliphatic heterocycles. The maximum Gasteiger partial charge on any atom is 0.248 e. The summed E-state index contributed by atoms with van der Waals surface area (Å²) in [6, 6.07) is 17.7. The molecule has 3 fully saturated rings. The lowest BCUT2D eigenvalue weighted by Gasteiger charge is -2.46. The van der Waals surface area contributed by atoms with Gasteiger partial charge in [-0.2, -0.15) is 4.31 Å². The predicted octanol–water partition coefficient (Wildman–Crippen LogP) is 4.19. The summed E-state index contributed by atoms with van der Waals surface area (Å²) in [4.78, 5) is 14.4. The van der Waals surface area contributed by atoms with E-state index in [0.29, 0.717) is 38.5 Å². The fourth-order valence-electron chi connectivity index (χ4n) is 5.26.